The maximum Gasteiger partial charge on any atom is 0.257 e. The summed E-state index contributed by atoms with van der Waals surface area (Å²) in [6.45, 7) is 6.41. The maximum atomic E-state index is 12.4. The zero-order chi connectivity index (χ0) is 16.1. The number of nitrogens with two attached hydrogens (primary N) is 1. The number of carbonyl (C=O) groups is 1. The highest BCUT2D eigenvalue weighted by molar-refractivity contribution is 7.99. The minimum Gasteiger partial charge on any atom is -0.398 e. The van der Waals surface area contributed by atoms with Gasteiger partial charge in [0.05, 0.1) is 5.56 Å². The number of hydrogen-bond acceptors (Lipinski definition) is 3. The van der Waals surface area contributed by atoms with E-state index in [0.29, 0.717) is 16.5 Å². The Balaban J connectivity index is 0.00000264. The summed E-state index contributed by atoms with van der Waals surface area (Å²) < 4.78 is 0. The molecule has 2 aromatic carbocycles. The van der Waals surface area contributed by atoms with E-state index >= 15 is 0 Å². The Kier molecular flexibility index (Phi) is 7.46. The van der Waals surface area contributed by atoms with Gasteiger partial charge in [-0.2, -0.15) is 11.8 Å². The number of para-hydroxylation sites is 1. The van der Waals surface area contributed by atoms with Gasteiger partial charge in [-0.3, -0.25) is 4.79 Å². The van der Waals surface area contributed by atoms with Crippen LogP contribution in [0.15, 0.2) is 42.5 Å². The van der Waals surface area contributed by atoms with Crippen LogP contribution in [0.3, 0.4) is 0 Å². The fraction of sp³-hybridized carbons (Fsp3) is 0.278. The molecule has 0 aromatic heterocycles. The summed E-state index contributed by atoms with van der Waals surface area (Å²) in [5.41, 5.74) is 10.1. The molecule has 0 aliphatic carbocycles. The molecule has 0 saturated heterocycles. The van der Waals surface area contributed by atoms with Gasteiger partial charge >= 0.3 is 0 Å². The van der Waals surface area contributed by atoms with Crippen LogP contribution in [0.25, 0.3) is 0 Å². The van der Waals surface area contributed by atoms with Gasteiger partial charge in [-0.1, -0.05) is 38.1 Å². The van der Waals surface area contributed by atoms with E-state index in [1.807, 2.05) is 43.0 Å². The lowest BCUT2D eigenvalue weighted by atomic mass is 10.1. The van der Waals surface area contributed by atoms with Gasteiger partial charge in [-0.25, -0.2) is 0 Å². The van der Waals surface area contributed by atoms with Gasteiger partial charge in [0, 0.05) is 17.1 Å². The van der Waals surface area contributed by atoms with Crippen LogP contribution < -0.4 is 11.1 Å². The van der Waals surface area contributed by atoms with Crippen LogP contribution in [0.1, 0.15) is 35.3 Å². The number of rotatable bonds is 5. The average Bonchev–Trinajstić information content (AvgIpc) is 2.48. The number of anilines is 2. The van der Waals surface area contributed by atoms with Crippen molar-refractivity contribution in [1.82, 2.24) is 0 Å². The molecule has 0 aliphatic rings. The number of amides is 1. The van der Waals surface area contributed by atoms with Crippen molar-refractivity contribution in [2.24, 2.45) is 0 Å². The first-order chi connectivity index (χ1) is 10.5. The molecular weight excluding hydrogens is 328 g/mol. The second kappa shape index (κ2) is 8.85. The van der Waals surface area contributed by atoms with Crippen LogP contribution in [0.2, 0.25) is 0 Å². The van der Waals surface area contributed by atoms with Crippen molar-refractivity contribution in [2.75, 3.05) is 11.1 Å². The third-order valence-corrected chi connectivity index (χ3v) is 4.62. The zero-order valence-electron chi connectivity index (χ0n) is 13.6. The largest absolute Gasteiger partial charge is 0.398 e. The lowest BCUT2D eigenvalue weighted by molar-refractivity contribution is 0.102. The van der Waals surface area contributed by atoms with Crippen molar-refractivity contribution >= 4 is 41.5 Å². The topological polar surface area (TPSA) is 55.1 Å². The first kappa shape index (κ1) is 19.4. The molecule has 1 amide bonds. The summed E-state index contributed by atoms with van der Waals surface area (Å²) in [6, 6.07) is 13.1. The normalized spacial score (nSPS) is 10.3. The Morgan fingerprint density at radius 1 is 1.17 bits per heavy atom. The zero-order valence-corrected chi connectivity index (χ0v) is 15.3. The number of halogens is 1. The highest BCUT2D eigenvalue weighted by Crippen LogP contribution is 2.25. The molecule has 0 bridgehead atoms. The minimum atomic E-state index is -0.171. The highest BCUT2D eigenvalue weighted by atomic mass is 35.5. The highest BCUT2D eigenvalue weighted by Gasteiger charge is 2.12. The van der Waals surface area contributed by atoms with Gasteiger partial charge in [0.2, 0.25) is 0 Å². The molecule has 3 N–H and O–H groups in total. The minimum absolute atomic E-state index is 0. The predicted molar refractivity (Wildman–Crippen MR) is 104 cm³/mol. The van der Waals surface area contributed by atoms with Crippen LogP contribution in [-0.4, -0.2) is 11.2 Å². The summed E-state index contributed by atoms with van der Waals surface area (Å²) in [7, 11) is 0. The summed E-state index contributed by atoms with van der Waals surface area (Å²) in [6.07, 6.45) is 0. The second-order valence-electron chi connectivity index (χ2n) is 5.49. The van der Waals surface area contributed by atoms with E-state index in [0.717, 1.165) is 17.0 Å². The molecule has 23 heavy (non-hydrogen) atoms. The Labute approximate surface area is 148 Å². The summed E-state index contributed by atoms with van der Waals surface area (Å²) in [5.74, 6) is 0.774. The van der Waals surface area contributed by atoms with Crippen LogP contribution in [0.4, 0.5) is 11.4 Å². The number of thioether (sulfide) groups is 1. The summed E-state index contributed by atoms with van der Waals surface area (Å²) in [4.78, 5) is 12.4. The predicted octanol–water partition coefficient (Wildman–Crippen LogP) is 4.89. The van der Waals surface area contributed by atoms with Crippen molar-refractivity contribution in [3.8, 4) is 0 Å². The van der Waals surface area contributed by atoms with Crippen molar-refractivity contribution in [2.45, 2.75) is 31.8 Å². The van der Waals surface area contributed by atoms with Gasteiger partial charge in [0.15, 0.2) is 0 Å². The first-order valence-electron chi connectivity index (χ1n) is 7.35. The van der Waals surface area contributed by atoms with Crippen LogP contribution >= 0.6 is 24.2 Å². The Morgan fingerprint density at radius 2 is 1.87 bits per heavy atom. The van der Waals surface area contributed by atoms with Gasteiger partial charge < -0.3 is 11.1 Å². The van der Waals surface area contributed by atoms with Gasteiger partial charge in [-0.05, 0) is 41.5 Å². The molecule has 0 atom stereocenters. The number of nitrogens with one attached hydrogen (secondary N) is 1. The molecule has 0 heterocycles. The van der Waals surface area contributed by atoms with E-state index in [9.17, 15) is 4.79 Å². The number of carbonyl (C=O) groups excluding carboxylic acids is 1. The molecule has 0 radical (unpaired) electrons. The molecule has 0 unspecified atom stereocenters. The van der Waals surface area contributed by atoms with E-state index in [1.54, 1.807) is 12.1 Å². The fourth-order valence-electron chi connectivity index (χ4n) is 2.13. The molecule has 2 aromatic rings. The number of nitrogen functional groups attached to an aromatic ring is 1. The molecule has 2 rings (SSSR count). The third-order valence-electron chi connectivity index (χ3n) is 3.47. The molecule has 124 valence electrons. The van der Waals surface area contributed by atoms with Crippen LogP contribution in [0.5, 0.6) is 0 Å². The van der Waals surface area contributed by atoms with E-state index in [2.05, 4.69) is 25.2 Å². The number of hydrogen-bond donors (Lipinski definition) is 2. The first-order valence-corrected chi connectivity index (χ1v) is 8.40. The van der Waals surface area contributed by atoms with Gasteiger partial charge in [-0.15, -0.1) is 12.4 Å². The van der Waals surface area contributed by atoms with Crippen molar-refractivity contribution in [1.29, 1.82) is 0 Å². The monoisotopic (exact) mass is 350 g/mol. The average molecular weight is 351 g/mol. The molecular formula is C18H23ClN2OS. The Hall–Kier alpha value is -1.65. The molecule has 0 aliphatic heterocycles. The van der Waals surface area contributed by atoms with Gasteiger partial charge in [0.25, 0.3) is 5.91 Å². The van der Waals surface area contributed by atoms with E-state index < -0.39 is 0 Å². The Morgan fingerprint density at radius 3 is 2.52 bits per heavy atom. The smallest absolute Gasteiger partial charge is 0.257 e. The molecule has 0 spiro atoms. The second-order valence-corrected chi connectivity index (χ2v) is 7.06. The molecule has 0 saturated carbocycles. The van der Waals surface area contributed by atoms with Gasteiger partial charge in [0.1, 0.15) is 0 Å². The molecule has 5 heteroatoms. The van der Waals surface area contributed by atoms with E-state index in [-0.39, 0.29) is 18.3 Å². The van der Waals surface area contributed by atoms with E-state index in [1.165, 1.54) is 5.56 Å². The lowest BCUT2D eigenvalue weighted by Crippen LogP contribution is -2.15. The molecule has 0 fully saturated rings. The van der Waals surface area contributed by atoms with Crippen molar-refractivity contribution in [3.63, 3.8) is 0 Å². The number of benzene rings is 2. The standard InChI is InChI=1S/C18H22N2OS.ClH/c1-12(2)22-11-14-7-6-10-17(13(14)3)20-18(21)15-8-4-5-9-16(15)19;/h4-10,12H,11,19H2,1-3H3,(H,20,21);1H. The van der Waals surface area contributed by atoms with Crippen LogP contribution in [0, 0.1) is 6.92 Å². The van der Waals surface area contributed by atoms with Crippen molar-refractivity contribution < 1.29 is 4.79 Å². The maximum absolute atomic E-state index is 12.4. The van der Waals surface area contributed by atoms with Crippen molar-refractivity contribution in [3.05, 3.63) is 59.2 Å². The SMILES string of the molecule is Cc1c(CSC(C)C)cccc1NC(=O)c1ccccc1N.Cl. The van der Waals surface area contributed by atoms with E-state index in [4.69, 9.17) is 5.73 Å². The summed E-state index contributed by atoms with van der Waals surface area (Å²) >= 11 is 1.89. The quantitative estimate of drug-likeness (QED) is 0.754. The summed E-state index contributed by atoms with van der Waals surface area (Å²) in [5, 5.41) is 3.55. The lowest BCUT2D eigenvalue weighted by Gasteiger charge is -2.14. The molecule has 3 nitrogen and oxygen atoms in total. The van der Waals surface area contributed by atoms with Crippen LogP contribution in [-0.2, 0) is 5.75 Å². The Bertz CT molecular complexity index is 674. The third kappa shape index (κ3) is 5.19. The fourth-order valence-corrected chi connectivity index (χ4v) is 2.95.